The Bertz CT molecular complexity index is 1180. The number of nitrogens with one attached hydrogen (secondary N) is 1. The van der Waals surface area contributed by atoms with Crippen molar-refractivity contribution in [1.29, 1.82) is 0 Å². The number of rotatable bonds is 9. The topological polar surface area (TPSA) is 75.7 Å². The van der Waals surface area contributed by atoms with Crippen LogP contribution in [0.3, 0.4) is 0 Å². The maximum atomic E-state index is 12.7. The number of anilines is 1. The van der Waals surface area contributed by atoms with Gasteiger partial charge in [0.25, 0.3) is 0 Å². The highest BCUT2D eigenvalue weighted by Crippen LogP contribution is 2.31. The first-order valence-corrected chi connectivity index (χ1v) is 12.5. The highest BCUT2D eigenvalue weighted by Gasteiger charge is 2.22. The van der Waals surface area contributed by atoms with Gasteiger partial charge in [-0.05, 0) is 47.7 Å². The molecular weight excluding hydrogens is 424 g/mol. The fourth-order valence-electron chi connectivity index (χ4n) is 4.18. The van der Waals surface area contributed by atoms with Crippen molar-refractivity contribution in [3.05, 3.63) is 66.2 Å². The molecule has 0 spiro atoms. The monoisotopic (exact) mass is 452 g/mol. The van der Waals surface area contributed by atoms with Gasteiger partial charge >= 0.3 is 0 Å². The van der Waals surface area contributed by atoms with Crippen molar-refractivity contribution in [2.24, 2.45) is 0 Å². The number of sulfonamides is 1. The second-order valence-corrected chi connectivity index (χ2v) is 9.67. The van der Waals surface area contributed by atoms with Crippen LogP contribution in [-0.2, 0) is 21.2 Å². The smallest absolute Gasteiger partial charge is 0.244 e. The molecule has 1 heterocycles. The van der Waals surface area contributed by atoms with E-state index >= 15 is 0 Å². The Morgan fingerprint density at radius 3 is 2.56 bits per heavy atom. The Balaban J connectivity index is 1.58. The number of ether oxygens (including phenoxy) is 1. The number of hydrogen-bond donors (Lipinski definition) is 1. The lowest BCUT2D eigenvalue weighted by Crippen LogP contribution is -2.30. The minimum absolute atomic E-state index is 0.0537. The molecule has 0 aromatic heterocycles. The molecule has 6 nitrogen and oxygen atoms in total. The number of nitrogens with zero attached hydrogens (tertiary/aromatic N) is 1. The number of fused-ring (bicyclic) bond motifs is 1. The van der Waals surface area contributed by atoms with E-state index in [4.69, 9.17) is 4.74 Å². The summed E-state index contributed by atoms with van der Waals surface area (Å²) in [7, 11) is -3.86. The molecule has 168 valence electrons. The van der Waals surface area contributed by atoms with Crippen LogP contribution in [0.1, 0.15) is 24.8 Å². The molecule has 3 aromatic carbocycles. The number of hydrogen-bond acceptors (Lipinski definition) is 5. The predicted molar refractivity (Wildman–Crippen MR) is 127 cm³/mol. The van der Waals surface area contributed by atoms with Gasteiger partial charge in [-0.15, -0.1) is 0 Å². The second kappa shape index (κ2) is 10.1. The molecule has 0 bridgehead atoms. The lowest BCUT2D eigenvalue weighted by atomic mass is 10.0. The standard InChI is InChI=1S/C25H28N2O4S/c28-17-14-26-32(29,30)25-12-11-22(27-15-4-1-5-16-27)19-24(25)31-18-13-21-9-6-8-20-7-2-3-10-23(20)21/h2-3,6-12,17,19,26H,1,4-5,13-16,18H2. The normalized spacial score (nSPS) is 14.4. The van der Waals surface area contributed by atoms with E-state index in [0.717, 1.165) is 37.2 Å². The average molecular weight is 453 g/mol. The molecule has 4 rings (SSSR count). The molecule has 32 heavy (non-hydrogen) atoms. The molecule has 0 unspecified atom stereocenters. The van der Waals surface area contributed by atoms with Crippen molar-refractivity contribution in [2.45, 2.75) is 30.6 Å². The van der Waals surface area contributed by atoms with Gasteiger partial charge in [0, 0.05) is 31.3 Å². The summed E-state index contributed by atoms with van der Waals surface area (Å²) >= 11 is 0. The van der Waals surface area contributed by atoms with Crippen LogP contribution in [0.2, 0.25) is 0 Å². The zero-order valence-electron chi connectivity index (χ0n) is 18.0. The van der Waals surface area contributed by atoms with Gasteiger partial charge in [-0.1, -0.05) is 42.5 Å². The van der Waals surface area contributed by atoms with Gasteiger partial charge in [0.2, 0.25) is 10.0 Å². The van der Waals surface area contributed by atoms with Crippen LogP contribution in [0, 0.1) is 0 Å². The minimum atomic E-state index is -3.86. The summed E-state index contributed by atoms with van der Waals surface area (Å²) in [4.78, 5) is 13.0. The SMILES string of the molecule is O=CCNS(=O)(=O)c1ccc(N2CCCCC2)cc1OCCc1cccc2ccccc12. The third-order valence-corrected chi connectivity index (χ3v) is 7.27. The maximum Gasteiger partial charge on any atom is 0.244 e. The van der Waals surface area contributed by atoms with Gasteiger partial charge in [-0.2, -0.15) is 0 Å². The number of aldehydes is 1. The summed E-state index contributed by atoms with van der Waals surface area (Å²) in [5.41, 5.74) is 2.11. The molecular formula is C25H28N2O4S. The van der Waals surface area contributed by atoms with E-state index in [1.165, 1.54) is 17.2 Å². The zero-order valence-corrected chi connectivity index (χ0v) is 18.8. The number of piperidine rings is 1. The van der Waals surface area contributed by atoms with Gasteiger partial charge in [-0.3, -0.25) is 0 Å². The second-order valence-electron chi connectivity index (χ2n) is 7.93. The first-order valence-electron chi connectivity index (χ1n) is 11.0. The van der Waals surface area contributed by atoms with Crippen LogP contribution in [0.4, 0.5) is 5.69 Å². The summed E-state index contributed by atoms with van der Waals surface area (Å²) in [6.07, 6.45) is 4.64. The van der Waals surface area contributed by atoms with Gasteiger partial charge in [-0.25, -0.2) is 13.1 Å². The number of carbonyl (C=O) groups excluding carboxylic acids is 1. The molecule has 1 aliphatic heterocycles. The molecule has 0 amide bonds. The van der Waals surface area contributed by atoms with Crippen LogP contribution in [0.5, 0.6) is 5.75 Å². The van der Waals surface area contributed by atoms with Crippen molar-refractivity contribution >= 4 is 32.8 Å². The fourth-order valence-corrected chi connectivity index (χ4v) is 5.26. The Hall–Kier alpha value is -2.90. The molecule has 1 aliphatic rings. The largest absolute Gasteiger partial charge is 0.492 e. The summed E-state index contributed by atoms with van der Waals surface area (Å²) < 4.78 is 33.8. The zero-order chi connectivity index (χ0) is 22.4. The van der Waals surface area contributed by atoms with Crippen molar-refractivity contribution in [1.82, 2.24) is 4.72 Å². The summed E-state index contributed by atoms with van der Waals surface area (Å²) in [6.45, 7) is 1.97. The minimum Gasteiger partial charge on any atom is -0.492 e. The van der Waals surface area contributed by atoms with Crippen molar-refractivity contribution in [3.8, 4) is 5.75 Å². The Kier molecular flexibility index (Phi) is 7.07. The van der Waals surface area contributed by atoms with Crippen LogP contribution in [0.25, 0.3) is 10.8 Å². The highest BCUT2D eigenvalue weighted by molar-refractivity contribution is 7.89. The third kappa shape index (κ3) is 5.11. The molecule has 0 saturated carbocycles. The third-order valence-electron chi connectivity index (χ3n) is 5.80. The van der Waals surface area contributed by atoms with Gasteiger partial charge < -0.3 is 14.4 Å². The molecule has 0 atom stereocenters. The molecule has 1 N–H and O–H groups in total. The van der Waals surface area contributed by atoms with E-state index in [1.54, 1.807) is 6.07 Å². The molecule has 0 radical (unpaired) electrons. The molecule has 0 aliphatic carbocycles. The van der Waals surface area contributed by atoms with E-state index in [1.807, 2.05) is 30.3 Å². The van der Waals surface area contributed by atoms with E-state index in [2.05, 4.69) is 33.9 Å². The highest BCUT2D eigenvalue weighted by atomic mass is 32.2. The van der Waals surface area contributed by atoms with Crippen LogP contribution >= 0.6 is 0 Å². The number of carbonyl (C=O) groups is 1. The number of benzene rings is 3. The van der Waals surface area contributed by atoms with E-state index in [-0.39, 0.29) is 11.4 Å². The van der Waals surface area contributed by atoms with Crippen LogP contribution in [0.15, 0.2) is 65.6 Å². The van der Waals surface area contributed by atoms with Crippen molar-refractivity contribution in [2.75, 3.05) is 31.1 Å². The summed E-state index contributed by atoms with van der Waals surface area (Å²) in [6, 6.07) is 19.5. The van der Waals surface area contributed by atoms with Gasteiger partial charge in [0.15, 0.2) is 0 Å². The molecule has 1 fully saturated rings. The van der Waals surface area contributed by atoms with E-state index < -0.39 is 10.0 Å². The first kappa shape index (κ1) is 22.3. The predicted octanol–water partition coefficient (Wildman–Crippen LogP) is 3.93. The lowest BCUT2D eigenvalue weighted by Gasteiger charge is -2.29. The Morgan fingerprint density at radius 2 is 1.75 bits per heavy atom. The van der Waals surface area contributed by atoms with Crippen LogP contribution in [-0.4, -0.2) is 40.9 Å². The average Bonchev–Trinajstić information content (AvgIpc) is 2.83. The quantitative estimate of drug-likeness (QED) is 0.498. The summed E-state index contributed by atoms with van der Waals surface area (Å²) in [5.74, 6) is 0.312. The molecule has 7 heteroatoms. The van der Waals surface area contributed by atoms with Gasteiger partial charge in [0.05, 0.1) is 13.2 Å². The lowest BCUT2D eigenvalue weighted by molar-refractivity contribution is -0.106. The van der Waals surface area contributed by atoms with Crippen molar-refractivity contribution in [3.63, 3.8) is 0 Å². The maximum absolute atomic E-state index is 12.7. The summed E-state index contributed by atoms with van der Waals surface area (Å²) in [5, 5.41) is 2.33. The van der Waals surface area contributed by atoms with Crippen molar-refractivity contribution < 1.29 is 17.9 Å². The van der Waals surface area contributed by atoms with E-state index in [0.29, 0.717) is 25.1 Å². The molecule has 3 aromatic rings. The molecule has 1 saturated heterocycles. The Morgan fingerprint density at radius 1 is 0.969 bits per heavy atom. The van der Waals surface area contributed by atoms with Gasteiger partial charge in [0.1, 0.15) is 16.9 Å². The fraction of sp³-hybridized carbons (Fsp3) is 0.320. The van der Waals surface area contributed by atoms with Crippen LogP contribution < -0.4 is 14.4 Å². The van der Waals surface area contributed by atoms with E-state index in [9.17, 15) is 13.2 Å². The first-order chi connectivity index (χ1) is 15.6. The Labute approximate surface area is 189 Å².